The van der Waals surface area contributed by atoms with Crippen LogP contribution in [0.5, 0.6) is 0 Å². The zero-order valence-electron chi connectivity index (χ0n) is 14.9. The summed E-state index contributed by atoms with van der Waals surface area (Å²) in [7, 11) is 3.48. The standard InChI is InChI=1S/C23H20N2O/c1-25(2)23(26)24-18-14-17-9-4-6-12-20(17)22(15-18)21-13-7-10-16-8-3-5-11-19(16)21/h3-15H,1-2H3,(H,24,26). The molecule has 2 amide bonds. The van der Waals surface area contributed by atoms with Crippen LogP contribution >= 0.6 is 0 Å². The highest BCUT2D eigenvalue weighted by Gasteiger charge is 2.11. The van der Waals surface area contributed by atoms with Gasteiger partial charge in [-0.3, -0.25) is 0 Å². The Labute approximate surface area is 152 Å². The first kappa shape index (κ1) is 16.2. The molecule has 1 N–H and O–H groups in total. The van der Waals surface area contributed by atoms with E-state index in [9.17, 15) is 4.79 Å². The van der Waals surface area contributed by atoms with Gasteiger partial charge in [0.2, 0.25) is 0 Å². The van der Waals surface area contributed by atoms with E-state index < -0.39 is 0 Å². The summed E-state index contributed by atoms with van der Waals surface area (Å²) >= 11 is 0. The van der Waals surface area contributed by atoms with Gasteiger partial charge in [-0.25, -0.2) is 4.79 Å². The summed E-state index contributed by atoms with van der Waals surface area (Å²) in [5, 5.41) is 7.67. The number of carbonyl (C=O) groups excluding carboxylic acids is 1. The second kappa shape index (κ2) is 6.52. The number of hydrogen-bond donors (Lipinski definition) is 1. The molecule has 0 bridgehead atoms. The van der Waals surface area contributed by atoms with Crippen LogP contribution in [0.2, 0.25) is 0 Å². The van der Waals surface area contributed by atoms with Gasteiger partial charge in [0.05, 0.1) is 0 Å². The smallest absolute Gasteiger partial charge is 0.321 e. The summed E-state index contributed by atoms with van der Waals surface area (Å²) < 4.78 is 0. The lowest BCUT2D eigenvalue weighted by molar-refractivity contribution is 0.230. The summed E-state index contributed by atoms with van der Waals surface area (Å²) in [6.07, 6.45) is 0. The van der Waals surface area contributed by atoms with E-state index in [1.165, 1.54) is 26.6 Å². The number of urea groups is 1. The third-order valence-corrected chi connectivity index (χ3v) is 4.60. The van der Waals surface area contributed by atoms with Crippen LogP contribution in [0.4, 0.5) is 10.5 Å². The molecule has 0 heterocycles. The van der Waals surface area contributed by atoms with Crippen molar-refractivity contribution in [3.05, 3.63) is 78.9 Å². The van der Waals surface area contributed by atoms with Gasteiger partial charge < -0.3 is 10.2 Å². The van der Waals surface area contributed by atoms with Gasteiger partial charge in [-0.2, -0.15) is 0 Å². The number of fused-ring (bicyclic) bond motifs is 2. The van der Waals surface area contributed by atoms with Gasteiger partial charge in [-0.15, -0.1) is 0 Å². The zero-order valence-corrected chi connectivity index (χ0v) is 14.9. The molecule has 0 aliphatic heterocycles. The molecular weight excluding hydrogens is 320 g/mol. The van der Waals surface area contributed by atoms with Crippen LogP contribution in [0.15, 0.2) is 78.9 Å². The molecule has 0 spiro atoms. The highest BCUT2D eigenvalue weighted by Crippen LogP contribution is 2.36. The third-order valence-electron chi connectivity index (χ3n) is 4.60. The van der Waals surface area contributed by atoms with Crippen molar-refractivity contribution in [2.45, 2.75) is 0 Å². The first-order chi connectivity index (χ1) is 12.6. The normalized spacial score (nSPS) is 10.8. The number of amides is 2. The molecule has 4 rings (SSSR count). The van der Waals surface area contributed by atoms with Crippen molar-refractivity contribution >= 4 is 33.3 Å². The molecule has 0 saturated carbocycles. The lowest BCUT2D eigenvalue weighted by Crippen LogP contribution is -2.27. The van der Waals surface area contributed by atoms with Gasteiger partial charge >= 0.3 is 6.03 Å². The van der Waals surface area contributed by atoms with E-state index >= 15 is 0 Å². The Hall–Kier alpha value is -3.33. The Morgan fingerprint density at radius 2 is 1.35 bits per heavy atom. The minimum absolute atomic E-state index is 0.135. The zero-order chi connectivity index (χ0) is 18.1. The molecule has 26 heavy (non-hydrogen) atoms. The van der Waals surface area contributed by atoms with Gasteiger partial charge in [0, 0.05) is 19.8 Å². The van der Waals surface area contributed by atoms with Crippen LogP contribution in [0, 0.1) is 0 Å². The fraction of sp³-hybridized carbons (Fsp3) is 0.0870. The second-order valence-electron chi connectivity index (χ2n) is 6.60. The lowest BCUT2D eigenvalue weighted by Gasteiger charge is -2.16. The maximum atomic E-state index is 12.1. The summed E-state index contributed by atoms with van der Waals surface area (Å²) in [6.45, 7) is 0. The van der Waals surface area contributed by atoms with Crippen molar-refractivity contribution in [2.24, 2.45) is 0 Å². The molecule has 3 nitrogen and oxygen atoms in total. The molecule has 3 heteroatoms. The lowest BCUT2D eigenvalue weighted by atomic mass is 9.93. The number of benzene rings is 4. The molecule has 0 aliphatic rings. The van der Waals surface area contributed by atoms with E-state index in [4.69, 9.17) is 0 Å². The molecule has 128 valence electrons. The van der Waals surface area contributed by atoms with Crippen molar-refractivity contribution in [1.82, 2.24) is 4.90 Å². The quantitative estimate of drug-likeness (QED) is 0.495. The molecule has 0 unspecified atom stereocenters. The molecule has 0 fully saturated rings. The number of anilines is 1. The topological polar surface area (TPSA) is 32.3 Å². The van der Waals surface area contributed by atoms with Crippen LogP contribution in [0.3, 0.4) is 0 Å². The van der Waals surface area contributed by atoms with E-state index in [0.717, 1.165) is 16.6 Å². The van der Waals surface area contributed by atoms with Crippen LogP contribution in [-0.2, 0) is 0 Å². The van der Waals surface area contributed by atoms with Crippen LogP contribution in [0.25, 0.3) is 32.7 Å². The molecule has 4 aromatic rings. The summed E-state index contributed by atoms with van der Waals surface area (Å²) in [5.41, 5.74) is 3.08. The summed E-state index contributed by atoms with van der Waals surface area (Å²) in [6, 6.07) is 27.0. The van der Waals surface area contributed by atoms with Gasteiger partial charge in [-0.05, 0) is 44.8 Å². The minimum atomic E-state index is -0.135. The molecule has 0 radical (unpaired) electrons. The number of carbonyl (C=O) groups is 1. The highest BCUT2D eigenvalue weighted by atomic mass is 16.2. The second-order valence-corrected chi connectivity index (χ2v) is 6.60. The first-order valence-corrected chi connectivity index (χ1v) is 8.63. The number of nitrogens with zero attached hydrogens (tertiary/aromatic N) is 1. The highest BCUT2D eigenvalue weighted by molar-refractivity contribution is 6.07. The first-order valence-electron chi connectivity index (χ1n) is 8.63. The molecule has 0 atom stereocenters. The Kier molecular flexibility index (Phi) is 4.05. The maximum Gasteiger partial charge on any atom is 0.321 e. The molecule has 0 saturated heterocycles. The average molecular weight is 340 g/mol. The SMILES string of the molecule is CN(C)C(=O)Nc1cc(-c2cccc3ccccc23)c2ccccc2c1. The Balaban J connectivity index is 1.97. The van der Waals surface area contributed by atoms with Crippen molar-refractivity contribution in [2.75, 3.05) is 19.4 Å². The van der Waals surface area contributed by atoms with E-state index in [1.54, 1.807) is 14.1 Å². The van der Waals surface area contributed by atoms with E-state index in [2.05, 4.69) is 72.0 Å². The van der Waals surface area contributed by atoms with Crippen molar-refractivity contribution in [1.29, 1.82) is 0 Å². The predicted octanol–water partition coefficient (Wildman–Crippen LogP) is 5.75. The third kappa shape index (κ3) is 2.88. The number of nitrogens with one attached hydrogen (secondary N) is 1. The van der Waals surface area contributed by atoms with Crippen molar-refractivity contribution in [3.8, 4) is 11.1 Å². The van der Waals surface area contributed by atoms with E-state index in [1.807, 2.05) is 12.1 Å². The van der Waals surface area contributed by atoms with Crippen LogP contribution in [0.1, 0.15) is 0 Å². The van der Waals surface area contributed by atoms with Gasteiger partial charge in [0.1, 0.15) is 0 Å². The molecular formula is C23H20N2O. The largest absolute Gasteiger partial charge is 0.331 e. The van der Waals surface area contributed by atoms with E-state index in [-0.39, 0.29) is 6.03 Å². The minimum Gasteiger partial charge on any atom is -0.331 e. The van der Waals surface area contributed by atoms with Gasteiger partial charge in [0.15, 0.2) is 0 Å². The Bertz CT molecular complexity index is 1110. The number of rotatable bonds is 2. The van der Waals surface area contributed by atoms with Crippen molar-refractivity contribution < 1.29 is 4.79 Å². The maximum absolute atomic E-state index is 12.1. The monoisotopic (exact) mass is 340 g/mol. The van der Waals surface area contributed by atoms with Crippen LogP contribution < -0.4 is 5.32 Å². The molecule has 0 aromatic heterocycles. The van der Waals surface area contributed by atoms with Crippen molar-refractivity contribution in [3.63, 3.8) is 0 Å². The predicted molar refractivity (Wildman–Crippen MR) is 110 cm³/mol. The van der Waals surface area contributed by atoms with Gasteiger partial charge in [-0.1, -0.05) is 66.7 Å². The number of hydrogen-bond acceptors (Lipinski definition) is 1. The summed E-state index contributed by atoms with van der Waals surface area (Å²) in [5.74, 6) is 0. The Morgan fingerprint density at radius 3 is 2.08 bits per heavy atom. The van der Waals surface area contributed by atoms with E-state index in [0.29, 0.717) is 0 Å². The Morgan fingerprint density at radius 1 is 0.731 bits per heavy atom. The fourth-order valence-corrected chi connectivity index (χ4v) is 3.30. The molecule has 4 aromatic carbocycles. The summed E-state index contributed by atoms with van der Waals surface area (Å²) in [4.78, 5) is 13.7. The average Bonchev–Trinajstić information content (AvgIpc) is 2.67. The molecule has 0 aliphatic carbocycles. The fourth-order valence-electron chi connectivity index (χ4n) is 3.30. The van der Waals surface area contributed by atoms with Crippen LogP contribution in [-0.4, -0.2) is 25.0 Å². The van der Waals surface area contributed by atoms with Gasteiger partial charge in [0.25, 0.3) is 0 Å².